The van der Waals surface area contributed by atoms with E-state index < -0.39 is 23.5 Å². The Bertz CT molecular complexity index is 682. The Balaban J connectivity index is 2.59. The minimum absolute atomic E-state index is 0.105. The minimum Gasteiger partial charge on any atom is -0.463 e. The van der Waals surface area contributed by atoms with Crippen molar-refractivity contribution in [3.63, 3.8) is 0 Å². The monoisotopic (exact) mass is 370 g/mol. The number of aliphatic imine (C=N–C) groups is 1. The molecular weight excluding hydrogens is 354 g/mol. The number of halogens is 6. The molecule has 1 aliphatic heterocycles. The molecule has 0 aromatic heterocycles. The summed E-state index contributed by atoms with van der Waals surface area (Å²) in [5, 5.41) is 9.59. The molecule has 0 fully saturated rings. The van der Waals surface area contributed by atoms with Crippen LogP contribution in [-0.4, -0.2) is 43.7 Å². The normalized spacial score (nSPS) is 15.8. The summed E-state index contributed by atoms with van der Waals surface area (Å²) < 4.78 is 83.7. The van der Waals surface area contributed by atoms with Crippen molar-refractivity contribution in [2.45, 2.75) is 31.8 Å². The fourth-order valence-electron chi connectivity index (χ4n) is 2.65. The number of amidine groups is 1. The lowest BCUT2D eigenvalue weighted by Crippen LogP contribution is -2.54. The van der Waals surface area contributed by atoms with Crippen molar-refractivity contribution in [3.05, 3.63) is 28.8 Å². The van der Waals surface area contributed by atoms with E-state index in [4.69, 9.17) is 4.74 Å². The third-order valence-corrected chi connectivity index (χ3v) is 3.97. The van der Waals surface area contributed by atoms with Crippen LogP contribution in [0.25, 0.3) is 0 Å². The van der Waals surface area contributed by atoms with Gasteiger partial charge in [-0.15, -0.1) is 0 Å². The van der Waals surface area contributed by atoms with Crippen LogP contribution < -0.4 is 4.90 Å². The zero-order chi connectivity index (χ0) is 19.2. The first kappa shape index (κ1) is 19.4. The number of anilines is 1. The summed E-state index contributed by atoms with van der Waals surface area (Å²) in [6.07, 6.45) is -11.8. The van der Waals surface area contributed by atoms with Gasteiger partial charge in [-0.25, -0.2) is 4.99 Å². The van der Waals surface area contributed by atoms with Gasteiger partial charge in [-0.3, -0.25) is 4.90 Å². The second-order valence-electron chi connectivity index (χ2n) is 5.73. The van der Waals surface area contributed by atoms with Crippen molar-refractivity contribution in [1.29, 1.82) is 0 Å². The summed E-state index contributed by atoms with van der Waals surface area (Å²) in [5.41, 5.74) is -6.13. The Morgan fingerprint density at radius 1 is 1.04 bits per heavy atom. The number of nitrogens with zero attached hydrogens (tertiary/aromatic N) is 2. The van der Waals surface area contributed by atoms with Crippen molar-refractivity contribution in [3.8, 4) is 0 Å². The molecule has 0 atom stereocenters. The van der Waals surface area contributed by atoms with Crippen LogP contribution in [0.5, 0.6) is 0 Å². The third-order valence-electron chi connectivity index (χ3n) is 3.97. The van der Waals surface area contributed by atoms with Crippen LogP contribution in [0.1, 0.15) is 16.7 Å². The number of hydrogen-bond acceptors (Lipinski definition) is 4. The van der Waals surface area contributed by atoms with Crippen molar-refractivity contribution < 1.29 is 36.2 Å². The highest BCUT2D eigenvalue weighted by atomic mass is 19.4. The molecule has 10 heteroatoms. The average molecular weight is 370 g/mol. The van der Waals surface area contributed by atoms with Crippen LogP contribution in [0.4, 0.5) is 32.0 Å². The lowest BCUT2D eigenvalue weighted by atomic mass is 9.87. The van der Waals surface area contributed by atoms with Gasteiger partial charge in [-0.05, 0) is 31.0 Å². The quantitative estimate of drug-likeness (QED) is 0.812. The number of benzene rings is 1. The number of ether oxygens (including phenoxy) is 1. The maximum absolute atomic E-state index is 13.1. The maximum atomic E-state index is 13.1. The molecule has 2 rings (SSSR count). The summed E-state index contributed by atoms with van der Waals surface area (Å²) in [7, 11) is 1.53. The first-order valence-corrected chi connectivity index (χ1v) is 7.19. The first-order chi connectivity index (χ1) is 11.3. The predicted octanol–water partition coefficient (Wildman–Crippen LogP) is 3.44. The van der Waals surface area contributed by atoms with Crippen molar-refractivity contribution >= 4 is 11.7 Å². The number of hydrogen-bond donors (Lipinski definition) is 1. The van der Waals surface area contributed by atoms with Crippen LogP contribution in [0.15, 0.2) is 17.1 Å². The second kappa shape index (κ2) is 6.08. The maximum Gasteiger partial charge on any atom is 0.430 e. The molecule has 25 heavy (non-hydrogen) atoms. The highest BCUT2D eigenvalue weighted by molar-refractivity contribution is 5.93. The van der Waals surface area contributed by atoms with E-state index in [2.05, 4.69) is 4.99 Å². The van der Waals surface area contributed by atoms with E-state index in [0.717, 1.165) is 13.0 Å². The van der Waals surface area contributed by atoms with Gasteiger partial charge in [0.05, 0.1) is 6.54 Å². The summed E-state index contributed by atoms with van der Waals surface area (Å²) in [5.74, 6) is 0. The number of rotatable bonds is 2. The van der Waals surface area contributed by atoms with Crippen LogP contribution in [-0.2, 0) is 10.3 Å². The van der Waals surface area contributed by atoms with Crippen LogP contribution in [0.2, 0.25) is 0 Å². The van der Waals surface area contributed by atoms with E-state index in [9.17, 15) is 31.4 Å². The Labute approximate surface area is 139 Å². The smallest absolute Gasteiger partial charge is 0.430 e. The summed E-state index contributed by atoms with van der Waals surface area (Å²) >= 11 is 0. The molecule has 0 saturated heterocycles. The van der Waals surface area contributed by atoms with Gasteiger partial charge in [0.1, 0.15) is 6.61 Å². The highest BCUT2D eigenvalue weighted by Gasteiger charge is 2.71. The Kier molecular flexibility index (Phi) is 4.71. The van der Waals surface area contributed by atoms with Gasteiger partial charge in [0, 0.05) is 18.3 Å². The van der Waals surface area contributed by atoms with Crippen molar-refractivity contribution in [1.82, 2.24) is 0 Å². The van der Waals surface area contributed by atoms with Gasteiger partial charge in [0.25, 0.3) is 11.6 Å². The number of aryl methyl sites for hydroxylation is 2. The zero-order valence-corrected chi connectivity index (χ0v) is 13.6. The lowest BCUT2D eigenvalue weighted by molar-refractivity contribution is -0.376. The fraction of sp³-hybridized carbons (Fsp3) is 0.533. The van der Waals surface area contributed by atoms with Gasteiger partial charge in [-0.2, -0.15) is 26.3 Å². The highest BCUT2D eigenvalue weighted by Crippen LogP contribution is 2.51. The van der Waals surface area contributed by atoms with E-state index >= 15 is 0 Å². The Morgan fingerprint density at radius 3 is 2.04 bits per heavy atom. The van der Waals surface area contributed by atoms with Gasteiger partial charge in [-0.1, -0.05) is 6.07 Å². The molecule has 0 spiro atoms. The molecular formula is C15H16F6N2O2. The molecule has 0 unspecified atom stereocenters. The van der Waals surface area contributed by atoms with E-state index in [0.29, 0.717) is 24.9 Å². The standard InChI is InChI=1S/C15H16F6N2O2/c1-8-7-11(23(3)12-22-4-5-25-12)9(2)6-10(8)13(24,14(16,17)18)15(19,20)21/h6-7,24H,4-5H2,1-3H3. The summed E-state index contributed by atoms with van der Waals surface area (Å²) in [4.78, 5) is 5.47. The largest absolute Gasteiger partial charge is 0.463 e. The minimum atomic E-state index is -5.92. The van der Waals surface area contributed by atoms with Crippen LogP contribution >= 0.6 is 0 Å². The average Bonchev–Trinajstić information content (AvgIpc) is 2.99. The molecule has 0 saturated carbocycles. The third kappa shape index (κ3) is 3.14. The Morgan fingerprint density at radius 2 is 1.60 bits per heavy atom. The molecule has 0 radical (unpaired) electrons. The van der Waals surface area contributed by atoms with E-state index in [1.165, 1.54) is 18.9 Å². The first-order valence-electron chi connectivity index (χ1n) is 7.19. The predicted molar refractivity (Wildman–Crippen MR) is 78.6 cm³/mol. The molecule has 1 heterocycles. The summed E-state index contributed by atoms with van der Waals surface area (Å²) in [6.45, 7) is 3.18. The fourth-order valence-corrected chi connectivity index (χ4v) is 2.65. The van der Waals surface area contributed by atoms with Gasteiger partial charge in [0.2, 0.25) is 0 Å². The topological polar surface area (TPSA) is 45.1 Å². The van der Waals surface area contributed by atoms with Crippen LogP contribution in [0, 0.1) is 13.8 Å². The van der Waals surface area contributed by atoms with Crippen LogP contribution in [0.3, 0.4) is 0 Å². The molecule has 140 valence electrons. The van der Waals surface area contributed by atoms with Crippen molar-refractivity contribution in [2.75, 3.05) is 25.1 Å². The van der Waals surface area contributed by atoms with E-state index in [1.54, 1.807) is 0 Å². The van der Waals surface area contributed by atoms with Crippen molar-refractivity contribution in [2.24, 2.45) is 4.99 Å². The molecule has 1 aromatic rings. The number of alkyl halides is 6. The molecule has 0 bridgehead atoms. The molecule has 1 aromatic carbocycles. The molecule has 1 N–H and O–H groups in total. The summed E-state index contributed by atoms with van der Waals surface area (Å²) in [6, 6.07) is 2.05. The van der Waals surface area contributed by atoms with E-state index in [1.807, 2.05) is 0 Å². The van der Waals surface area contributed by atoms with E-state index in [-0.39, 0.29) is 17.1 Å². The van der Waals surface area contributed by atoms with Gasteiger partial charge in [0.15, 0.2) is 0 Å². The number of aliphatic hydroxyl groups is 1. The molecule has 0 aliphatic carbocycles. The van der Waals surface area contributed by atoms with Gasteiger partial charge < -0.3 is 9.84 Å². The molecule has 1 aliphatic rings. The zero-order valence-electron chi connectivity index (χ0n) is 13.6. The second-order valence-corrected chi connectivity index (χ2v) is 5.73. The Hall–Kier alpha value is -1.97. The molecule has 0 amide bonds. The van der Waals surface area contributed by atoms with Gasteiger partial charge >= 0.3 is 12.4 Å². The molecule has 4 nitrogen and oxygen atoms in total. The lowest BCUT2D eigenvalue weighted by Gasteiger charge is -2.34. The SMILES string of the molecule is Cc1cc(C(O)(C(F)(F)F)C(F)(F)F)c(C)cc1N(C)C1=NCCO1.